The number of amides is 1. The molecule has 1 heterocycles. The Morgan fingerprint density at radius 1 is 1.04 bits per heavy atom. The van der Waals surface area contributed by atoms with Crippen LogP contribution >= 0.6 is 34.2 Å². The minimum atomic E-state index is 0.0386. The second-order valence-electron chi connectivity index (χ2n) is 6.03. The van der Waals surface area contributed by atoms with Gasteiger partial charge < -0.3 is 4.90 Å². The molecule has 0 saturated carbocycles. The second kappa shape index (κ2) is 8.32. The molecule has 1 amide bonds. The minimum Gasteiger partial charge on any atom is -0.337 e. The molecule has 0 aromatic heterocycles. The van der Waals surface area contributed by atoms with E-state index in [1.165, 1.54) is 9.13 Å². The monoisotopic (exact) mass is 454 g/mol. The number of rotatable bonds is 3. The van der Waals surface area contributed by atoms with Gasteiger partial charge in [-0.3, -0.25) is 9.69 Å². The predicted octanol–water partition coefficient (Wildman–Crippen LogP) is 4.29. The first-order chi connectivity index (χ1) is 11.6. The van der Waals surface area contributed by atoms with Gasteiger partial charge in [0.15, 0.2) is 0 Å². The van der Waals surface area contributed by atoms with Crippen molar-refractivity contribution in [2.75, 3.05) is 26.2 Å². The van der Waals surface area contributed by atoms with E-state index < -0.39 is 0 Å². The maximum Gasteiger partial charge on any atom is 0.255 e. The third-order valence-corrected chi connectivity index (χ3v) is 5.28. The van der Waals surface area contributed by atoms with Crippen molar-refractivity contribution in [3.63, 3.8) is 0 Å². The first-order valence-corrected chi connectivity index (χ1v) is 9.60. The topological polar surface area (TPSA) is 23.6 Å². The first kappa shape index (κ1) is 17.7. The smallest absolute Gasteiger partial charge is 0.255 e. The molecule has 0 N–H and O–H groups in total. The number of carbonyl (C=O) groups is 1. The lowest BCUT2D eigenvalue weighted by Crippen LogP contribution is -2.35. The van der Waals surface area contributed by atoms with Crippen LogP contribution in [-0.4, -0.2) is 41.9 Å². The molecular formula is C19H20ClIN2O. The molecule has 0 aliphatic carbocycles. The van der Waals surface area contributed by atoms with E-state index in [-0.39, 0.29) is 5.91 Å². The molecule has 126 valence electrons. The fourth-order valence-electron chi connectivity index (χ4n) is 3.03. The van der Waals surface area contributed by atoms with Crippen LogP contribution in [0, 0.1) is 3.57 Å². The van der Waals surface area contributed by atoms with Crippen molar-refractivity contribution < 1.29 is 4.79 Å². The summed E-state index contributed by atoms with van der Waals surface area (Å²) in [4.78, 5) is 17.1. The quantitative estimate of drug-likeness (QED) is 0.646. The Kier molecular flexibility index (Phi) is 6.14. The second-order valence-corrected chi connectivity index (χ2v) is 7.68. The number of benzene rings is 2. The fourth-order valence-corrected chi connectivity index (χ4v) is 3.85. The highest BCUT2D eigenvalue weighted by atomic mass is 127. The van der Waals surface area contributed by atoms with Gasteiger partial charge in [-0.25, -0.2) is 0 Å². The van der Waals surface area contributed by atoms with E-state index in [1.54, 1.807) is 12.1 Å². The van der Waals surface area contributed by atoms with E-state index in [1.807, 2.05) is 17.0 Å². The number of hydrogen-bond acceptors (Lipinski definition) is 2. The van der Waals surface area contributed by atoms with E-state index in [2.05, 4.69) is 51.8 Å². The van der Waals surface area contributed by atoms with Crippen LogP contribution < -0.4 is 0 Å². The molecule has 1 saturated heterocycles. The van der Waals surface area contributed by atoms with E-state index >= 15 is 0 Å². The number of carbonyl (C=O) groups excluding carboxylic acids is 1. The molecule has 24 heavy (non-hydrogen) atoms. The summed E-state index contributed by atoms with van der Waals surface area (Å²) < 4.78 is 1.26. The average molecular weight is 455 g/mol. The van der Waals surface area contributed by atoms with Crippen LogP contribution in [0.15, 0.2) is 48.5 Å². The van der Waals surface area contributed by atoms with Crippen LogP contribution in [0.2, 0.25) is 5.02 Å². The largest absolute Gasteiger partial charge is 0.337 e. The van der Waals surface area contributed by atoms with Gasteiger partial charge in [-0.05, 0) is 58.8 Å². The Morgan fingerprint density at radius 2 is 1.88 bits per heavy atom. The van der Waals surface area contributed by atoms with Gasteiger partial charge in [0.2, 0.25) is 0 Å². The Balaban J connectivity index is 1.63. The van der Waals surface area contributed by atoms with Crippen LogP contribution in [-0.2, 0) is 6.54 Å². The number of hydrogen-bond donors (Lipinski definition) is 0. The van der Waals surface area contributed by atoms with Crippen molar-refractivity contribution >= 4 is 40.1 Å². The number of halogens is 2. The zero-order valence-corrected chi connectivity index (χ0v) is 16.3. The molecular weight excluding hydrogens is 435 g/mol. The summed E-state index contributed by atoms with van der Waals surface area (Å²) in [7, 11) is 0. The highest BCUT2D eigenvalue weighted by Crippen LogP contribution is 2.19. The molecule has 1 aliphatic heterocycles. The third-order valence-electron chi connectivity index (χ3n) is 4.28. The van der Waals surface area contributed by atoms with Gasteiger partial charge in [-0.15, -0.1) is 0 Å². The van der Waals surface area contributed by atoms with Crippen LogP contribution in [0.4, 0.5) is 0 Å². The summed E-state index contributed by atoms with van der Waals surface area (Å²) in [6, 6.07) is 15.9. The molecule has 2 aromatic rings. The van der Waals surface area contributed by atoms with E-state index in [9.17, 15) is 4.79 Å². The van der Waals surface area contributed by atoms with Crippen molar-refractivity contribution in [1.82, 2.24) is 9.80 Å². The summed E-state index contributed by atoms with van der Waals surface area (Å²) >= 11 is 8.52. The van der Waals surface area contributed by atoms with Gasteiger partial charge in [0, 0.05) is 36.3 Å². The van der Waals surface area contributed by atoms with Gasteiger partial charge in [-0.2, -0.15) is 0 Å². The van der Waals surface area contributed by atoms with Crippen molar-refractivity contribution in [1.29, 1.82) is 0 Å². The van der Waals surface area contributed by atoms with E-state index in [0.29, 0.717) is 10.6 Å². The normalized spacial score (nSPS) is 16.0. The van der Waals surface area contributed by atoms with Gasteiger partial charge in [-0.1, -0.05) is 35.9 Å². The fraction of sp³-hybridized carbons (Fsp3) is 0.316. The predicted molar refractivity (Wildman–Crippen MR) is 106 cm³/mol. The first-order valence-electron chi connectivity index (χ1n) is 8.14. The van der Waals surface area contributed by atoms with Crippen LogP contribution in [0.1, 0.15) is 22.3 Å². The maximum absolute atomic E-state index is 12.7. The Hall–Kier alpha value is -1.11. The third kappa shape index (κ3) is 4.49. The lowest BCUT2D eigenvalue weighted by Gasteiger charge is -2.22. The number of nitrogens with zero attached hydrogens (tertiary/aromatic N) is 2. The highest BCUT2D eigenvalue weighted by molar-refractivity contribution is 14.1. The molecule has 3 nitrogen and oxygen atoms in total. The Morgan fingerprint density at radius 3 is 2.67 bits per heavy atom. The molecule has 1 fully saturated rings. The molecule has 0 spiro atoms. The zero-order valence-electron chi connectivity index (χ0n) is 13.4. The van der Waals surface area contributed by atoms with Gasteiger partial charge in [0.1, 0.15) is 0 Å². The Bertz CT molecular complexity index is 722. The van der Waals surface area contributed by atoms with Gasteiger partial charge in [0.25, 0.3) is 5.91 Å². The lowest BCUT2D eigenvalue weighted by molar-refractivity contribution is 0.0761. The SMILES string of the molecule is O=C(c1ccccc1Cl)N1CCCN(Cc2cccc(I)c2)CC1. The van der Waals surface area contributed by atoms with Crippen LogP contribution in [0.25, 0.3) is 0 Å². The average Bonchev–Trinajstić information content (AvgIpc) is 2.80. The van der Waals surface area contributed by atoms with Gasteiger partial charge >= 0.3 is 0 Å². The van der Waals surface area contributed by atoms with E-state index in [4.69, 9.17) is 11.6 Å². The van der Waals surface area contributed by atoms with Crippen molar-refractivity contribution in [3.05, 3.63) is 68.3 Å². The Labute approximate surface area is 161 Å². The highest BCUT2D eigenvalue weighted by Gasteiger charge is 2.21. The van der Waals surface area contributed by atoms with E-state index in [0.717, 1.165) is 39.1 Å². The van der Waals surface area contributed by atoms with Crippen molar-refractivity contribution in [3.8, 4) is 0 Å². The summed E-state index contributed by atoms with van der Waals surface area (Å²) in [6.45, 7) is 4.37. The molecule has 0 radical (unpaired) electrons. The summed E-state index contributed by atoms with van der Waals surface area (Å²) in [5, 5.41) is 0.530. The standard InChI is InChI=1S/C19H20ClIN2O/c20-18-8-2-1-7-17(18)19(24)23-10-4-9-22(11-12-23)14-15-5-3-6-16(21)13-15/h1-3,5-8,13H,4,9-12,14H2. The molecule has 3 rings (SSSR count). The molecule has 5 heteroatoms. The van der Waals surface area contributed by atoms with Gasteiger partial charge in [0.05, 0.1) is 10.6 Å². The molecule has 1 aliphatic rings. The summed E-state index contributed by atoms with van der Waals surface area (Å²) in [6.07, 6.45) is 0.986. The van der Waals surface area contributed by atoms with Crippen molar-refractivity contribution in [2.24, 2.45) is 0 Å². The summed E-state index contributed by atoms with van der Waals surface area (Å²) in [5.41, 5.74) is 1.93. The maximum atomic E-state index is 12.7. The summed E-state index contributed by atoms with van der Waals surface area (Å²) in [5.74, 6) is 0.0386. The zero-order chi connectivity index (χ0) is 16.9. The van der Waals surface area contributed by atoms with Crippen LogP contribution in [0.3, 0.4) is 0 Å². The molecule has 0 atom stereocenters. The molecule has 2 aromatic carbocycles. The lowest BCUT2D eigenvalue weighted by atomic mass is 10.2. The van der Waals surface area contributed by atoms with Crippen molar-refractivity contribution in [2.45, 2.75) is 13.0 Å². The van der Waals surface area contributed by atoms with Crippen LogP contribution in [0.5, 0.6) is 0 Å². The molecule has 0 unspecified atom stereocenters. The minimum absolute atomic E-state index is 0.0386. The molecule has 0 bridgehead atoms.